The Balaban J connectivity index is 4.30. The lowest BCUT2D eigenvalue weighted by molar-refractivity contribution is -0.163. The van der Waals surface area contributed by atoms with E-state index in [0.717, 1.165) is 89.9 Å². The van der Waals surface area contributed by atoms with E-state index in [-0.39, 0.29) is 25.2 Å². The van der Waals surface area contributed by atoms with Gasteiger partial charge in [0.05, 0.1) is 6.61 Å². The van der Waals surface area contributed by atoms with Gasteiger partial charge in [0.1, 0.15) is 6.61 Å². The summed E-state index contributed by atoms with van der Waals surface area (Å²) in [5, 5.41) is 0. The number of ether oxygens (including phenoxy) is 3. The van der Waals surface area contributed by atoms with Crippen molar-refractivity contribution in [1.82, 2.24) is 0 Å². The monoisotopic (exact) mass is 809 g/mol. The third kappa shape index (κ3) is 46.0. The molecule has 0 rings (SSSR count). The molecule has 0 heterocycles. The molecule has 0 saturated heterocycles. The van der Waals surface area contributed by atoms with Crippen molar-refractivity contribution in [3.05, 3.63) is 72.9 Å². The minimum Gasteiger partial charge on any atom is -0.462 e. The first-order valence-electron chi connectivity index (χ1n) is 24.5. The Morgan fingerprint density at radius 3 is 1.26 bits per heavy atom. The van der Waals surface area contributed by atoms with Gasteiger partial charge in [0.15, 0.2) is 6.10 Å². The Labute approximate surface area is 359 Å². The quantitative estimate of drug-likeness (QED) is 0.0348. The highest BCUT2D eigenvalue weighted by Crippen LogP contribution is 2.13. The molecular formula is C53H92O5. The van der Waals surface area contributed by atoms with E-state index in [1.54, 1.807) is 0 Å². The number of esters is 2. The molecule has 0 bridgehead atoms. The second-order valence-electron chi connectivity index (χ2n) is 16.0. The van der Waals surface area contributed by atoms with E-state index in [1.165, 1.54) is 103 Å². The smallest absolute Gasteiger partial charge is 0.306 e. The van der Waals surface area contributed by atoms with Crippen LogP contribution >= 0.6 is 0 Å². The summed E-state index contributed by atoms with van der Waals surface area (Å²) in [6.45, 7) is 7.59. The molecule has 5 nitrogen and oxygen atoms in total. The van der Waals surface area contributed by atoms with Gasteiger partial charge in [-0.25, -0.2) is 0 Å². The van der Waals surface area contributed by atoms with Crippen LogP contribution in [-0.2, 0) is 23.8 Å². The van der Waals surface area contributed by atoms with Crippen LogP contribution in [0.2, 0.25) is 0 Å². The maximum absolute atomic E-state index is 12.7. The summed E-state index contributed by atoms with van der Waals surface area (Å²) in [7, 11) is 0. The Morgan fingerprint density at radius 2 is 0.776 bits per heavy atom. The normalized spacial score (nSPS) is 12.8. The number of allylic oxidation sites excluding steroid dienone is 12. The summed E-state index contributed by atoms with van der Waals surface area (Å²) < 4.78 is 17.3. The zero-order chi connectivity index (χ0) is 42.1. The zero-order valence-electron chi connectivity index (χ0n) is 38.3. The van der Waals surface area contributed by atoms with Crippen LogP contribution in [0.3, 0.4) is 0 Å². The Kier molecular flexibility index (Phi) is 46.5. The lowest BCUT2D eigenvalue weighted by Gasteiger charge is -2.18. The fourth-order valence-electron chi connectivity index (χ4n) is 6.59. The Hall–Kier alpha value is -2.66. The SMILES string of the molecule is CC/C=C\C/C=C\C/C=C\C/C=C\C/C=C\CCCCOCC(COC(=O)CCCCCCC/C=C\CCCCCCCC)OC(=O)CCCCCCCCCCC. The standard InChI is InChI=1S/C53H92O5/c1-4-7-10-13-16-19-21-23-25-26-27-29-31-33-36-39-42-45-48-56-49-51(58-53(55)47-44-41-38-34-18-15-12-9-6-3)50-57-52(54)46-43-40-37-35-32-30-28-24-22-20-17-14-11-8-5-2/h7,10,16,19,23-25,27-29,33,36,51H,4-6,8-9,11-15,17-18,20-22,26,30-32,34-35,37-50H2,1-3H3/b10-7-,19-16-,25-23-,28-24-,29-27-,36-33-. The number of unbranched alkanes of at least 4 members (excludes halogenated alkanes) is 21. The van der Waals surface area contributed by atoms with Gasteiger partial charge < -0.3 is 14.2 Å². The topological polar surface area (TPSA) is 61.8 Å². The lowest BCUT2D eigenvalue weighted by Crippen LogP contribution is -2.30. The predicted molar refractivity (Wildman–Crippen MR) is 251 cm³/mol. The molecule has 0 radical (unpaired) electrons. The van der Waals surface area contributed by atoms with Crippen LogP contribution in [0.1, 0.15) is 226 Å². The minimum absolute atomic E-state index is 0.0629. The van der Waals surface area contributed by atoms with Gasteiger partial charge in [0.25, 0.3) is 0 Å². The second-order valence-corrected chi connectivity index (χ2v) is 16.0. The molecule has 0 N–H and O–H groups in total. The summed E-state index contributed by atoms with van der Waals surface area (Å²) in [6, 6.07) is 0. The van der Waals surface area contributed by atoms with Gasteiger partial charge in [-0.05, 0) is 89.9 Å². The van der Waals surface area contributed by atoms with Crippen LogP contribution in [0.4, 0.5) is 0 Å². The molecule has 1 atom stereocenters. The van der Waals surface area contributed by atoms with E-state index in [4.69, 9.17) is 14.2 Å². The number of rotatable bonds is 44. The van der Waals surface area contributed by atoms with Crippen LogP contribution in [0.25, 0.3) is 0 Å². The first-order chi connectivity index (χ1) is 28.6. The van der Waals surface area contributed by atoms with Crippen LogP contribution in [-0.4, -0.2) is 37.9 Å². The summed E-state index contributed by atoms with van der Waals surface area (Å²) in [5.74, 6) is -0.432. The molecule has 0 aliphatic carbocycles. The Bertz CT molecular complexity index is 1050. The third-order valence-electron chi connectivity index (χ3n) is 10.2. The van der Waals surface area contributed by atoms with E-state index in [9.17, 15) is 9.59 Å². The maximum Gasteiger partial charge on any atom is 0.306 e. The van der Waals surface area contributed by atoms with Gasteiger partial charge >= 0.3 is 11.9 Å². The van der Waals surface area contributed by atoms with Crippen molar-refractivity contribution in [2.24, 2.45) is 0 Å². The molecule has 58 heavy (non-hydrogen) atoms. The predicted octanol–water partition coefficient (Wildman–Crippen LogP) is 16.3. The van der Waals surface area contributed by atoms with Crippen molar-refractivity contribution in [1.29, 1.82) is 0 Å². The molecular weight excluding hydrogens is 717 g/mol. The Morgan fingerprint density at radius 1 is 0.397 bits per heavy atom. The van der Waals surface area contributed by atoms with Crippen LogP contribution in [0.5, 0.6) is 0 Å². The molecule has 0 aliphatic rings. The number of hydrogen-bond donors (Lipinski definition) is 0. The molecule has 0 fully saturated rings. The van der Waals surface area contributed by atoms with Crippen molar-refractivity contribution in [3.63, 3.8) is 0 Å². The van der Waals surface area contributed by atoms with Gasteiger partial charge in [0, 0.05) is 19.4 Å². The molecule has 5 heteroatoms. The summed E-state index contributed by atoms with van der Waals surface area (Å²) >= 11 is 0. The molecule has 0 aliphatic heterocycles. The number of hydrogen-bond acceptors (Lipinski definition) is 5. The lowest BCUT2D eigenvalue weighted by atomic mass is 10.1. The summed E-state index contributed by atoms with van der Waals surface area (Å²) in [6.07, 6.45) is 62.0. The number of carbonyl (C=O) groups excluding carboxylic acids is 2. The summed E-state index contributed by atoms with van der Waals surface area (Å²) in [5.41, 5.74) is 0. The van der Waals surface area contributed by atoms with Gasteiger partial charge in [-0.1, -0.05) is 196 Å². The van der Waals surface area contributed by atoms with Crippen molar-refractivity contribution < 1.29 is 23.8 Å². The fourth-order valence-corrected chi connectivity index (χ4v) is 6.59. The van der Waals surface area contributed by atoms with E-state index in [1.807, 2.05) is 0 Å². The van der Waals surface area contributed by atoms with Gasteiger partial charge in [-0.15, -0.1) is 0 Å². The molecule has 0 amide bonds. The molecule has 334 valence electrons. The van der Waals surface area contributed by atoms with E-state index >= 15 is 0 Å². The maximum atomic E-state index is 12.7. The van der Waals surface area contributed by atoms with Crippen molar-refractivity contribution in [3.8, 4) is 0 Å². The van der Waals surface area contributed by atoms with Crippen LogP contribution in [0, 0.1) is 0 Å². The van der Waals surface area contributed by atoms with Gasteiger partial charge in [-0.3, -0.25) is 9.59 Å². The third-order valence-corrected chi connectivity index (χ3v) is 10.2. The average Bonchev–Trinajstić information content (AvgIpc) is 3.22. The van der Waals surface area contributed by atoms with E-state index in [2.05, 4.69) is 93.7 Å². The first kappa shape index (κ1) is 55.3. The highest BCUT2D eigenvalue weighted by atomic mass is 16.6. The molecule has 0 aromatic heterocycles. The molecule has 0 aromatic rings. The molecule has 1 unspecified atom stereocenters. The largest absolute Gasteiger partial charge is 0.462 e. The molecule has 0 saturated carbocycles. The molecule has 0 aromatic carbocycles. The van der Waals surface area contributed by atoms with E-state index in [0.29, 0.717) is 19.4 Å². The first-order valence-corrected chi connectivity index (χ1v) is 24.5. The van der Waals surface area contributed by atoms with Gasteiger partial charge in [0.2, 0.25) is 0 Å². The fraction of sp³-hybridized carbons (Fsp3) is 0.736. The highest BCUT2D eigenvalue weighted by Gasteiger charge is 2.17. The average molecular weight is 809 g/mol. The van der Waals surface area contributed by atoms with Crippen LogP contribution < -0.4 is 0 Å². The minimum atomic E-state index is -0.560. The highest BCUT2D eigenvalue weighted by molar-refractivity contribution is 5.70. The zero-order valence-corrected chi connectivity index (χ0v) is 38.3. The van der Waals surface area contributed by atoms with Crippen molar-refractivity contribution in [2.75, 3.05) is 19.8 Å². The second kappa shape index (κ2) is 48.7. The van der Waals surface area contributed by atoms with Gasteiger partial charge in [-0.2, -0.15) is 0 Å². The van der Waals surface area contributed by atoms with Crippen LogP contribution in [0.15, 0.2) is 72.9 Å². The van der Waals surface area contributed by atoms with Crippen molar-refractivity contribution in [2.45, 2.75) is 232 Å². The molecule has 0 spiro atoms. The summed E-state index contributed by atoms with van der Waals surface area (Å²) in [4.78, 5) is 25.3. The van der Waals surface area contributed by atoms with Crippen molar-refractivity contribution >= 4 is 11.9 Å². The van der Waals surface area contributed by atoms with E-state index < -0.39 is 6.10 Å². The number of carbonyl (C=O) groups is 2.